The first-order valence-electron chi connectivity index (χ1n) is 8.34. The normalized spacial score (nSPS) is 13.5. The van der Waals surface area contributed by atoms with E-state index in [0.29, 0.717) is 6.54 Å². The molecule has 1 N–H and O–H groups in total. The Kier molecular flexibility index (Phi) is 5.94. The van der Waals surface area contributed by atoms with E-state index in [-0.39, 0.29) is 18.4 Å². The number of likely N-dealkylation sites (N-methyl/N-ethyl adjacent to an activating group) is 1. The van der Waals surface area contributed by atoms with E-state index in [0.717, 1.165) is 11.3 Å². The summed E-state index contributed by atoms with van der Waals surface area (Å²) in [5.41, 5.74) is 1.16. The lowest BCUT2D eigenvalue weighted by atomic mass is 9.90. The van der Waals surface area contributed by atoms with Gasteiger partial charge in [0.15, 0.2) is 0 Å². The van der Waals surface area contributed by atoms with Gasteiger partial charge in [-0.1, -0.05) is 32.0 Å². The van der Waals surface area contributed by atoms with Crippen LogP contribution in [0.2, 0.25) is 0 Å². The lowest BCUT2D eigenvalue weighted by Gasteiger charge is -2.28. The Labute approximate surface area is 149 Å². The predicted molar refractivity (Wildman–Crippen MR) is 96.9 cm³/mol. The molecule has 2 rings (SSSR count). The van der Waals surface area contributed by atoms with Crippen molar-refractivity contribution in [2.45, 2.75) is 32.9 Å². The van der Waals surface area contributed by atoms with Gasteiger partial charge in [-0.25, -0.2) is 4.68 Å². The van der Waals surface area contributed by atoms with Gasteiger partial charge in [-0.05, 0) is 32.0 Å². The summed E-state index contributed by atoms with van der Waals surface area (Å²) in [5.74, 6) is -0.119. The van der Waals surface area contributed by atoms with Gasteiger partial charge in [0.25, 0.3) is 0 Å². The van der Waals surface area contributed by atoms with Crippen LogP contribution in [0.1, 0.15) is 26.3 Å². The summed E-state index contributed by atoms with van der Waals surface area (Å²) in [7, 11) is 1.87. The molecule has 1 unspecified atom stereocenters. The van der Waals surface area contributed by atoms with E-state index in [9.17, 15) is 10.1 Å². The summed E-state index contributed by atoms with van der Waals surface area (Å²) in [6.45, 7) is 6.42. The van der Waals surface area contributed by atoms with Crippen molar-refractivity contribution in [2.24, 2.45) is 5.92 Å². The lowest BCUT2D eigenvalue weighted by Crippen LogP contribution is -2.51. The fourth-order valence-corrected chi connectivity index (χ4v) is 2.41. The van der Waals surface area contributed by atoms with Gasteiger partial charge in [0.1, 0.15) is 5.54 Å². The third-order valence-electron chi connectivity index (χ3n) is 4.31. The standard InChI is InChI=1S/C19H25N5O/c1-15(2)19(3,14-20)22-18(25)13-23(4)11-16-10-21-24(12-16)17-8-6-5-7-9-17/h5-10,12,15H,11,13H2,1-4H3,(H,22,25). The van der Waals surface area contributed by atoms with E-state index in [1.54, 1.807) is 13.1 Å². The number of para-hydroxylation sites is 1. The molecular formula is C19H25N5O. The summed E-state index contributed by atoms with van der Waals surface area (Å²) in [6.07, 6.45) is 3.76. The maximum Gasteiger partial charge on any atom is 0.235 e. The van der Waals surface area contributed by atoms with Crippen molar-refractivity contribution in [3.05, 3.63) is 48.3 Å². The quantitative estimate of drug-likeness (QED) is 0.840. The molecule has 1 atom stereocenters. The number of carbonyl (C=O) groups is 1. The zero-order valence-electron chi connectivity index (χ0n) is 15.2. The average molecular weight is 339 g/mol. The molecule has 0 bridgehead atoms. The van der Waals surface area contributed by atoms with E-state index in [1.165, 1.54) is 0 Å². The summed E-state index contributed by atoms with van der Waals surface area (Å²) < 4.78 is 1.81. The molecule has 6 heteroatoms. The van der Waals surface area contributed by atoms with Crippen LogP contribution in [0.3, 0.4) is 0 Å². The fourth-order valence-electron chi connectivity index (χ4n) is 2.41. The van der Waals surface area contributed by atoms with E-state index >= 15 is 0 Å². The summed E-state index contributed by atoms with van der Waals surface area (Å²) in [6, 6.07) is 12.1. The van der Waals surface area contributed by atoms with Crippen molar-refractivity contribution in [2.75, 3.05) is 13.6 Å². The minimum atomic E-state index is -0.851. The molecule has 0 aliphatic carbocycles. The summed E-state index contributed by atoms with van der Waals surface area (Å²) in [4.78, 5) is 14.1. The van der Waals surface area contributed by atoms with Crippen LogP contribution in [-0.4, -0.2) is 39.7 Å². The Bertz CT molecular complexity index is 747. The van der Waals surface area contributed by atoms with Gasteiger partial charge in [0, 0.05) is 18.3 Å². The molecule has 0 spiro atoms. The molecule has 0 aliphatic heterocycles. The highest BCUT2D eigenvalue weighted by molar-refractivity contribution is 5.79. The van der Waals surface area contributed by atoms with Crippen molar-refractivity contribution >= 4 is 5.91 Å². The lowest BCUT2D eigenvalue weighted by molar-refractivity contribution is -0.123. The molecule has 1 heterocycles. The first-order chi connectivity index (χ1) is 11.8. The van der Waals surface area contributed by atoms with Crippen molar-refractivity contribution in [3.63, 3.8) is 0 Å². The highest BCUT2D eigenvalue weighted by Crippen LogP contribution is 2.15. The average Bonchev–Trinajstić information content (AvgIpc) is 3.03. The Morgan fingerprint density at radius 1 is 1.40 bits per heavy atom. The maximum absolute atomic E-state index is 12.2. The van der Waals surface area contributed by atoms with Crippen molar-refractivity contribution in [1.82, 2.24) is 20.0 Å². The topological polar surface area (TPSA) is 74.0 Å². The number of benzene rings is 1. The van der Waals surface area contributed by atoms with Crippen LogP contribution >= 0.6 is 0 Å². The third-order valence-corrected chi connectivity index (χ3v) is 4.31. The Balaban J connectivity index is 1.92. The molecule has 132 valence electrons. The second-order valence-corrected chi connectivity index (χ2v) is 6.82. The third kappa shape index (κ3) is 4.91. The number of nitrogens with one attached hydrogen (secondary N) is 1. The largest absolute Gasteiger partial charge is 0.337 e. The van der Waals surface area contributed by atoms with Gasteiger partial charge in [0.05, 0.1) is 24.5 Å². The van der Waals surface area contributed by atoms with Crippen molar-refractivity contribution < 1.29 is 4.79 Å². The number of hydrogen-bond donors (Lipinski definition) is 1. The highest BCUT2D eigenvalue weighted by Gasteiger charge is 2.30. The number of aromatic nitrogens is 2. The van der Waals surface area contributed by atoms with Gasteiger partial charge in [-0.15, -0.1) is 0 Å². The molecule has 1 amide bonds. The molecule has 6 nitrogen and oxygen atoms in total. The van der Waals surface area contributed by atoms with Crippen LogP contribution in [0.4, 0.5) is 0 Å². The Morgan fingerprint density at radius 3 is 2.68 bits per heavy atom. The number of carbonyl (C=O) groups excluding carboxylic acids is 1. The molecule has 1 aromatic carbocycles. The van der Waals surface area contributed by atoms with Gasteiger partial charge in [-0.2, -0.15) is 10.4 Å². The van der Waals surface area contributed by atoms with Crippen molar-refractivity contribution in [3.8, 4) is 11.8 Å². The Hall–Kier alpha value is -2.65. The second-order valence-electron chi connectivity index (χ2n) is 6.82. The van der Waals surface area contributed by atoms with Crippen LogP contribution in [0.5, 0.6) is 0 Å². The highest BCUT2D eigenvalue weighted by atomic mass is 16.2. The number of amides is 1. The van der Waals surface area contributed by atoms with Crippen molar-refractivity contribution in [1.29, 1.82) is 5.26 Å². The Morgan fingerprint density at radius 2 is 2.08 bits per heavy atom. The SMILES string of the molecule is CC(C)C(C)(C#N)NC(=O)CN(C)Cc1cnn(-c2ccccc2)c1. The molecule has 2 aromatic rings. The second kappa shape index (κ2) is 7.95. The van der Waals surface area contributed by atoms with Crippen LogP contribution < -0.4 is 5.32 Å². The zero-order chi connectivity index (χ0) is 18.4. The maximum atomic E-state index is 12.2. The number of rotatable bonds is 7. The minimum Gasteiger partial charge on any atom is -0.337 e. The number of hydrogen-bond acceptors (Lipinski definition) is 4. The molecule has 0 radical (unpaired) electrons. The van der Waals surface area contributed by atoms with Gasteiger partial charge in [0.2, 0.25) is 5.91 Å². The van der Waals surface area contributed by atoms with Crippen LogP contribution in [-0.2, 0) is 11.3 Å². The number of nitrogens with zero attached hydrogens (tertiary/aromatic N) is 4. The van der Waals surface area contributed by atoms with Gasteiger partial charge in [-0.3, -0.25) is 9.69 Å². The van der Waals surface area contributed by atoms with Gasteiger partial charge >= 0.3 is 0 Å². The zero-order valence-corrected chi connectivity index (χ0v) is 15.2. The fraction of sp³-hybridized carbons (Fsp3) is 0.421. The van der Waals surface area contributed by atoms with Gasteiger partial charge < -0.3 is 5.32 Å². The van der Waals surface area contributed by atoms with E-state index in [1.807, 2.05) is 67.0 Å². The molecule has 0 fully saturated rings. The molecule has 0 saturated heterocycles. The van der Waals surface area contributed by atoms with E-state index in [2.05, 4.69) is 16.5 Å². The van der Waals surface area contributed by atoms with Crippen LogP contribution in [0, 0.1) is 17.2 Å². The first-order valence-corrected chi connectivity index (χ1v) is 8.34. The summed E-state index contributed by atoms with van der Waals surface area (Å²) in [5, 5.41) is 16.5. The summed E-state index contributed by atoms with van der Waals surface area (Å²) >= 11 is 0. The van der Waals surface area contributed by atoms with Crippen LogP contribution in [0.15, 0.2) is 42.7 Å². The first kappa shape index (κ1) is 18.7. The van der Waals surface area contributed by atoms with E-state index < -0.39 is 5.54 Å². The number of nitriles is 1. The molecule has 1 aromatic heterocycles. The monoisotopic (exact) mass is 339 g/mol. The molecule has 0 saturated carbocycles. The minimum absolute atomic E-state index is 0.0378. The molecular weight excluding hydrogens is 314 g/mol. The van der Waals surface area contributed by atoms with E-state index in [4.69, 9.17) is 0 Å². The molecule has 0 aliphatic rings. The molecule has 25 heavy (non-hydrogen) atoms. The van der Waals surface area contributed by atoms with Crippen LogP contribution in [0.25, 0.3) is 5.69 Å². The predicted octanol–water partition coefficient (Wildman–Crippen LogP) is 2.36. The smallest absolute Gasteiger partial charge is 0.235 e.